The lowest BCUT2D eigenvalue weighted by Gasteiger charge is -2.11. The average molecular weight is 244 g/mol. The predicted octanol–water partition coefficient (Wildman–Crippen LogP) is 3.55. The Labute approximate surface area is 95.4 Å². The number of rotatable bonds is 1. The van der Waals surface area contributed by atoms with Crippen LogP contribution in [-0.2, 0) is 6.18 Å². The van der Waals surface area contributed by atoms with Gasteiger partial charge in [-0.15, -0.1) is 0 Å². The SMILES string of the molecule is CC(C)c1cc(C(F)(F)F)c2oc(N)nc2c1. The molecule has 0 radical (unpaired) electrons. The molecule has 0 spiro atoms. The summed E-state index contributed by atoms with van der Waals surface area (Å²) >= 11 is 0. The number of nitrogens with two attached hydrogens (primary N) is 1. The number of nitrogen functional groups attached to an aromatic ring is 1. The summed E-state index contributed by atoms with van der Waals surface area (Å²) in [5.41, 5.74) is 4.84. The molecular weight excluding hydrogens is 233 g/mol. The van der Waals surface area contributed by atoms with E-state index in [1.807, 2.05) is 13.8 Å². The molecule has 0 aliphatic carbocycles. The number of aromatic nitrogens is 1. The number of hydrogen-bond acceptors (Lipinski definition) is 3. The number of fused-ring (bicyclic) bond motifs is 1. The first-order chi connectivity index (χ1) is 7.79. The molecule has 1 heterocycles. The third-order valence-corrected chi connectivity index (χ3v) is 2.50. The van der Waals surface area contributed by atoms with Crippen LogP contribution in [0.15, 0.2) is 16.5 Å². The summed E-state index contributed by atoms with van der Waals surface area (Å²) < 4.78 is 43.3. The Kier molecular flexibility index (Phi) is 2.52. The molecule has 1 aromatic heterocycles. The van der Waals surface area contributed by atoms with Crippen molar-refractivity contribution in [2.75, 3.05) is 5.73 Å². The number of nitrogens with zero attached hydrogens (tertiary/aromatic N) is 1. The highest BCUT2D eigenvalue weighted by Crippen LogP contribution is 2.37. The van der Waals surface area contributed by atoms with E-state index in [1.165, 1.54) is 0 Å². The van der Waals surface area contributed by atoms with Gasteiger partial charge in [-0.25, -0.2) is 0 Å². The molecule has 0 fully saturated rings. The number of halogens is 3. The molecule has 17 heavy (non-hydrogen) atoms. The van der Waals surface area contributed by atoms with Crippen LogP contribution >= 0.6 is 0 Å². The molecule has 2 N–H and O–H groups in total. The Balaban J connectivity index is 2.78. The standard InChI is InChI=1S/C11H11F3N2O/c1-5(2)6-3-7(11(12,13)14)9-8(4-6)16-10(15)17-9/h3-5H,1-2H3,(H2,15,16). The minimum atomic E-state index is -4.48. The minimum Gasteiger partial charge on any atom is -0.423 e. The molecule has 2 aromatic rings. The van der Waals surface area contributed by atoms with Gasteiger partial charge in [-0.2, -0.15) is 18.2 Å². The van der Waals surface area contributed by atoms with Crippen LogP contribution < -0.4 is 5.73 Å². The summed E-state index contributed by atoms with van der Waals surface area (Å²) in [7, 11) is 0. The van der Waals surface area contributed by atoms with Crippen LogP contribution in [0.25, 0.3) is 11.1 Å². The van der Waals surface area contributed by atoms with E-state index in [4.69, 9.17) is 10.2 Å². The van der Waals surface area contributed by atoms with Crippen molar-refractivity contribution in [1.29, 1.82) is 0 Å². The van der Waals surface area contributed by atoms with Gasteiger partial charge in [-0.3, -0.25) is 0 Å². The molecular formula is C11H11F3N2O. The molecule has 0 aliphatic rings. The second-order valence-corrected chi connectivity index (χ2v) is 4.12. The van der Waals surface area contributed by atoms with E-state index in [2.05, 4.69) is 4.98 Å². The van der Waals surface area contributed by atoms with E-state index >= 15 is 0 Å². The zero-order valence-electron chi connectivity index (χ0n) is 9.30. The fourth-order valence-electron chi connectivity index (χ4n) is 1.62. The minimum absolute atomic E-state index is 0.0292. The normalized spacial score (nSPS) is 12.6. The lowest BCUT2D eigenvalue weighted by molar-refractivity contribution is -0.136. The van der Waals surface area contributed by atoms with Gasteiger partial charge in [-0.05, 0) is 23.6 Å². The van der Waals surface area contributed by atoms with E-state index in [1.54, 1.807) is 6.07 Å². The Morgan fingerprint density at radius 3 is 2.47 bits per heavy atom. The van der Waals surface area contributed by atoms with Crippen LogP contribution in [0, 0.1) is 0 Å². The van der Waals surface area contributed by atoms with E-state index in [-0.39, 0.29) is 23.0 Å². The molecule has 92 valence electrons. The molecule has 2 rings (SSSR count). The molecule has 0 amide bonds. The Morgan fingerprint density at radius 2 is 1.94 bits per heavy atom. The number of hydrogen-bond donors (Lipinski definition) is 1. The lowest BCUT2D eigenvalue weighted by Crippen LogP contribution is -2.06. The van der Waals surface area contributed by atoms with E-state index in [9.17, 15) is 13.2 Å². The van der Waals surface area contributed by atoms with Crippen LogP contribution in [0.2, 0.25) is 0 Å². The lowest BCUT2D eigenvalue weighted by atomic mass is 9.99. The molecule has 1 aromatic carbocycles. The number of benzene rings is 1. The second kappa shape index (κ2) is 3.65. The topological polar surface area (TPSA) is 52.0 Å². The van der Waals surface area contributed by atoms with Gasteiger partial charge in [0.2, 0.25) is 0 Å². The molecule has 0 saturated carbocycles. The number of alkyl halides is 3. The number of anilines is 1. The molecule has 3 nitrogen and oxygen atoms in total. The molecule has 0 unspecified atom stereocenters. The number of oxazole rings is 1. The zero-order chi connectivity index (χ0) is 12.8. The van der Waals surface area contributed by atoms with Gasteiger partial charge in [0.15, 0.2) is 5.58 Å². The Bertz CT molecular complexity index is 558. The van der Waals surface area contributed by atoms with Crippen molar-refractivity contribution in [3.63, 3.8) is 0 Å². The van der Waals surface area contributed by atoms with Gasteiger partial charge in [0.25, 0.3) is 6.01 Å². The van der Waals surface area contributed by atoms with Crippen molar-refractivity contribution in [2.45, 2.75) is 25.9 Å². The summed E-state index contributed by atoms with van der Waals surface area (Å²) in [6.07, 6.45) is -4.48. The van der Waals surface area contributed by atoms with Gasteiger partial charge in [-0.1, -0.05) is 13.8 Å². The van der Waals surface area contributed by atoms with Gasteiger partial charge < -0.3 is 10.2 Å². The first-order valence-corrected chi connectivity index (χ1v) is 5.06. The van der Waals surface area contributed by atoms with Crippen molar-refractivity contribution < 1.29 is 17.6 Å². The maximum absolute atomic E-state index is 12.8. The maximum Gasteiger partial charge on any atom is 0.420 e. The maximum atomic E-state index is 12.8. The van der Waals surface area contributed by atoms with E-state index in [0.29, 0.717) is 5.56 Å². The van der Waals surface area contributed by atoms with Crippen LogP contribution in [0.3, 0.4) is 0 Å². The molecule has 0 atom stereocenters. The molecule has 0 saturated heterocycles. The fourth-order valence-corrected chi connectivity index (χ4v) is 1.62. The predicted molar refractivity (Wildman–Crippen MR) is 57.5 cm³/mol. The smallest absolute Gasteiger partial charge is 0.420 e. The summed E-state index contributed by atoms with van der Waals surface area (Å²) in [6.45, 7) is 3.62. The van der Waals surface area contributed by atoms with Gasteiger partial charge in [0.1, 0.15) is 11.1 Å². The van der Waals surface area contributed by atoms with Crippen molar-refractivity contribution in [1.82, 2.24) is 4.98 Å². The van der Waals surface area contributed by atoms with Crippen molar-refractivity contribution in [2.24, 2.45) is 0 Å². The second-order valence-electron chi connectivity index (χ2n) is 4.12. The average Bonchev–Trinajstić information content (AvgIpc) is 2.54. The van der Waals surface area contributed by atoms with Gasteiger partial charge in [0, 0.05) is 0 Å². The summed E-state index contributed by atoms with van der Waals surface area (Å²) in [4.78, 5) is 3.74. The fraction of sp³-hybridized carbons (Fsp3) is 0.364. The van der Waals surface area contributed by atoms with Crippen molar-refractivity contribution in [3.8, 4) is 0 Å². The third kappa shape index (κ3) is 2.07. The quantitative estimate of drug-likeness (QED) is 0.834. The van der Waals surface area contributed by atoms with Crippen LogP contribution in [0.5, 0.6) is 0 Å². The molecule has 6 heteroatoms. The van der Waals surface area contributed by atoms with Gasteiger partial charge in [0.05, 0.1) is 0 Å². The largest absolute Gasteiger partial charge is 0.423 e. The van der Waals surface area contributed by atoms with Crippen molar-refractivity contribution in [3.05, 3.63) is 23.3 Å². The highest BCUT2D eigenvalue weighted by Gasteiger charge is 2.35. The highest BCUT2D eigenvalue weighted by atomic mass is 19.4. The summed E-state index contributed by atoms with van der Waals surface area (Å²) in [5, 5.41) is 0. The molecule has 0 bridgehead atoms. The summed E-state index contributed by atoms with van der Waals surface area (Å²) in [5.74, 6) is -0.0292. The molecule has 0 aliphatic heterocycles. The van der Waals surface area contributed by atoms with Crippen LogP contribution in [0.4, 0.5) is 19.2 Å². The zero-order valence-corrected chi connectivity index (χ0v) is 9.30. The van der Waals surface area contributed by atoms with E-state index < -0.39 is 11.7 Å². The third-order valence-electron chi connectivity index (χ3n) is 2.50. The highest BCUT2D eigenvalue weighted by molar-refractivity contribution is 5.79. The van der Waals surface area contributed by atoms with E-state index in [0.717, 1.165) is 6.07 Å². The van der Waals surface area contributed by atoms with Crippen LogP contribution in [-0.4, -0.2) is 4.98 Å². The summed E-state index contributed by atoms with van der Waals surface area (Å²) in [6, 6.07) is 2.39. The van der Waals surface area contributed by atoms with Crippen LogP contribution in [0.1, 0.15) is 30.9 Å². The Morgan fingerprint density at radius 1 is 1.29 bits per heavy atom. The van der Waals surface area contributed by atoms with Crippen molar-refractivity contribution >= 4 is 17.1 Å². The van der Waals surface area contributed by atoms with Gasteiger partial charge >= 0.3 is 6.18 Å². The monoisotopic (exact) mass is 244 g/mol. The first kappa shape index (κ1) is 11.8. The first-order valence-electron chi connectivity index (χ1n) is 5.06. The Hall–Kier alpha value is -1.72.